The third-order valence-electron chi connectivity index (χ3n) is 2.75. The van der Waals surface area contributed by atoms with Gasteiger partial charge in [-0.3, -0.25) is 0 Å². The van der Waals surface area contributed by atoms with E-state index in [0.29, 0.717) is 11.3 Å². The van der Waals surface area contributed by atoms with E-state index in [4.69, 9.17) is 0 Å². The van der Waals surface area contributed by atoms with Gasteiger partial charge in [-0.05, 0) is 24.6 Å². The van der Waals surface area contributed by atoms with Gasteiger partial charge in [0.15, 0.2) is 11.6 Å². The molecule has 0 aromatic heterocycles. The molecule has 0 heterocycles. The fourth-order valence-corrected chi connectivity index (χ4v) is 1.74. The first-order valence-corrected chi connectivity index (χ1v) is 5.55. The summed E-state index contributed by atoms with van der Waals surface area (Å²) in [4.78, 5) is 0. The first kappa shape index (κ1) is 12.4. The molecule has 2 aromatic carbocycles. The van der Waals surface area contributed by atoms with E-state index in [0.717, 1.165) is 5.56 Å². The van der Waals surface area contributed by atoms with Crippen molar-refractivity contribution in [3.8, 4) is 5.75 Å². The van der Waals surface area contributed by atoms with Crippen molar-refractivity contribution in [1.82, 2.24) is 0 Å². The van der Waals surface area contributed by atoms with Crippen LogP contribution in [0.15, 0.2) is 36.4 Å². The van der Waals surface area contributed by atoms with Gasteiger partial charge in [0.2, 0.25) is 0 Å². The van der Waals surface area contributed by atoms with Crippen LogP contribution in [-0.2, 0) is 6.54 Å². The molecule has 0 bridgehead atoms. The van der Waals surface area contributed by atoms with Gasteiger partial charge in [-0.2, -0.15) is 0 Å². The second-order valence-corrected chi connectivity index (χ2v) is 4.03. The zero-order valence-electron chi connectivity index (χ0n) is 9.87. The van der Waals surface area contributed by atoms with Gasteiger partial charge in [0.25, 0.3) is 0 Å². The Morgan fingerprint density at radius 3 is 2.44 bits per heavy atom. The maximum atomic E-state index is 13.5. The fourth-order valence-electron chi connectivity index (χ4n) is 1.74. The summed E-state index contributed by atoms with van der Waals surface area (Å²) in [5.41, 5.74) is 1.50. The quantitative estimate of drug-likeness (QED) is 0.871. The number of hydrogen-bond acceptors (Lipinski definition) is 2. The molecule has 0 saturated carbocycles. The van der Waals surface area contributed by atoms with Gasteiger partial charge in [-0.15, -0.1) is 0 Å². The SMILES string of the molecule is Cc1cccc(F)c1NCc1cccc(F)c1O. The lowest BCUT2D eigenvalue weighted by atomic mass is 10.1. The molecule has 0 amide bonds. The number of aromatic hydroxyl groups is 1. The molecule has 0 aliphatic heterocycles. The maximum absolute atomic E-state index is 13.5. The van der Waals surface area contributed by atoms with Crippen LogP contribution in [0, 0.1) is 18.6 Å². The molecule has 0 atom stereocenters. The van der Waals surface area contributed by atoms with Crippen molar-refractivity contribution in [2.75, 3.05) is 5.32 Å². The average molecular weight is 249 g/mol. The average Bonchev–Trinajstić information content (AvgIpc) is 2.33. The smallest absolute Gasteiger partial charge is 0.165 e. The molecule has 0 spiro atoms. The number of nitrogens with one attached hydrogen (secondary N) is 1. The van der Waals surface area contributed by atoms with Crippen LogP contribution in [0.5, 0.6) is 5.75 Å². The molecule has 0 radical (unpaired) electrons. The second-order valence-electron chi connectivity index (χ2n) is 4.03. The molecule has 0 unspecified atom stereocenters. The van der Waals surface area contributed by atoms with Gasteiger partial charge in [0.1, 0.15) is 5.82 Å². The fraction of sp³-hybridized carbons (Fsp3) is 0.143. The predicted molar refractivity (Wildman–Crippen MR) is 66.5 cm³/mol. The Bertz CT molecular complexity index is 549. The van der Waals surface area contributed by atoms with Crippen LogP contribution in [0.2, 0.25) is 0 Å². The van der Waals surface area contributed by atoms with Crippen molar-refractivity contribution in [2.24, 2.45) is 0 Å². The van der Waals surface area contributed by atoms with E-state index in [1.165, 1.54) is 18.2 Å². The molecule has 18 heavy (non-hydrogen) atoms. The number of hydrogen-bond donors (Lipinski definition) is 2. The van der Waals surface area contributed by atoms with Crippen molar-refractivity contribution in [3.63, 3.8) is 0 Å². The predicted octanol–water partition coefficient (Wildman–Crippen LogP) is 3.59. The molecule has 2 N–H and O–H groups in total. The molecule has 0 aliphatic rings. The van der Waals surface area contributed by atoms with Crippen LogP contribution >= 0.6 is 0 Å². The lowest BCUT2D eigenvalue weighted by molar-refractivity contribution is 0.426. The normalized spacial score (nSPS) is 10.4. The number of para-hydroxylation sites is 2. The minimum Gasteiger partial charge on any atom is -0.505 e. The topological polar surface area (TPSA) is 32.3 Å². The summed E-state index contributed by atoms with van der Waals surface area (Å²) >= 11 is 0. The number of halogens is 2. The van der Waals surface area contributed by atoms with Crippen LogP contribution in [0.4, 0.5) is 14.5 Å². The summed E-state index contributed by atoms with van der Waals surface area (Å²) in [6.07, 6.45) is 0. The highest BCUT2D eigenvalue weighted by atomic mass is 19.1. The van der Waals surface area contributed by atoms with E-state index < -0.39 is 11.6 Å². The number of phenols is 1. The summed E-state index contributed by atoms with van der Waals surface area (Å²) in [6.45, 7) is 1.93. The molecule has 2 aromatic rings. The van der Waals surface area contributed by atoms with Crippen LogP contribution in [-0.4, -0.2) is 5.11 Å². The highest BCUT2D eigenvalue weighted by Gasteiger charge is 2.08. The molecule has 0 fully saturated rings. The molecule has 0 aliphatic carbocycles. The van der Waals surface area contributed by atoms with Gasteiger partial charge in [-0.25, -0.2) is 8.78 Å². The van der Waals surface area contributed by atoms with Gasteiger partial charge in [0.05, 0.1) is 5.69 Å². The van der Waals surface area contributed by atoms with E-state index in [1.54, 1.807) is 25.1 Å². The van der Waals surface area contributed by atoms with E-state index in [2.05, 4.69) is 5.32 Å². The Hall–Kier alpha value is -2.10. The third kappa shape index (κ3) is 2.42. The van der Waals surface area contributed by atoms with Crippen LogP contribution in [0.1, 0.15) is 11.1 Å². The van der Waals surface area contributed by atoms with Crippen molar-refractivity contribution < 1.29 is 13.9 Å². The first-order chi connectivity index (χ1) is 8.59. The highest BCUT2D eigenvalue weighted by molar-refractivity contribution is 5.52. The van der Waals surface area contributed by atoms with E-state index >= 15 is 0 Å². The standard InChI is InChI=1S/C14H13F2NO/c1-9-4-2-6-11(15)13(9)17-8-10-5-3-7-12(16)14(10)18/h2-7,17-18H,8H2,1H3. The molecule has 2 rings (SSSR count). The van der Waals surface area contributed by atoms with Gasteiger partial charge >= 0.3 is 0 Å². The Morgan fingerprint density at radius 1 is 1.06 bits per heavy atom. The summed E-state index contributed by atoms with van der Waals surface area (Å²) in [5.74, 6) is -1.45. The first-order valence-electron chi connectivity index (χ1n) is 5.55. The molecule has 4 heteroatoms. The van der Waals surface area contributed by atoms with E-state index in [-0.39, 0.29) is 12.4 Å². The monoisotopic (exact) mass is 249 g/mol. The minimum atomic E-state index is -0.681. The number of phenolic OH excluding ortho intramolecular Hbond substituents is 1. The van der Waals surface area contributed by atoms with Crippen molar-refractivity contribution in [3.05, 3.63) is 59.2 Å². The summed E-state index contributed by atoms with van der Waals surface area (Å²) in [7, 11) is 0. The Labute approximate surface area is 104 Å². The molecule has 2 nitrogen and oxygen atoms in total. The second kappa shape index (κ2) is 5.04. The van der Waals surface area contributed by atoms with E-state index in [1.807, 2.05) is 0 Å². The molecule has 94 valence electrons. The van der Waals surface area contributed by atoms with Crippen molar-refractivity contribution >= 4 is 5.69 Å². The van der Waals surface area contributed by atoms with Crippen LogP contribution in [0.3, 0.4) is 0 Å². The van der Waals surface area contributed by atoms with Gasteiger partial charge < -0.3 is 10.4 Å². The van der Waals surface area contributed by atoms with E-state index in [9.17, 15) is 13.9 Å². The summed E-state index contributed by atoms with van der Waals surface area (Å²) in [6, 6.07) is 9.00. The Morgan fingerprint density at radius 2 is 1.72 bits per heavy atom. The zero-order valence-corrected chi connectivity index (χ0v) is 9.87. The zero-order chi connectivity index (χ0) is 13.1. The van der Waals surface area contributed by atoms with Gasteiger partial charge in [-0.1, -0.05) is 24.3 Å². The largest absolute Gasteiger partial charge is 0.505 e. The summed E-state index contributed by atoms with van der Waals surface area (Å²) in [5, 5.41) is 12.4. The van der Waals surface area contributed by atoms with Gasteiger partial charge in [0, 0.05) is 12.1 Å². The lowest BCUT2D eigenvalue weighted by Gasteiger charge is -2.11. The van der Waals surface area contributed by atoms with Crippen LogP contribution < -0.4 is 5.32 Å². The van der Waals surface area contributed by atoms with Crippen molar-refractivity contribution in [2.45, 2.75) is 13.5 Å². The number of benzene rings is 2. The highest BCUT2D eigenvalue weighted by Crippen LogP contribution is 2.24. The number of aryl methyl sites for hydroxylation is 1. The molecule has 0 saturated heterocycles. The summed E-state index contributed by atoms with van der Waals surface area (Å²) < 4.78 is 26.6. The lowest BCUT2D eigenvalue weighted by Crippen LogP contribution is -2.04. The maximum Gasteiger partial charge on any atom is 0.165 e. The minimum absolute atomic E-state index is 0.158. The van der Waals surface area contributed by atoms with Crippen molar-refractivity contribution in [1.29, 1.82) is 0 Å². The molecular weight excluding hydrogens is 236 g/mol. The number of anilines is 1. The molecular formula is C14H13F2NO. The number of rotatable bonds is 3. The Balaban J connectivity index is 2.19. The Kier molecular flexibility index (Phi) is 3.46. The van der Waals surface area contributed by atoms with Crippen LogP contribution in [0.25, 0.3) is 0 Å². The third-order valence-corrected chi connectivity index (χ3v) is 2.75.